The fraction of sp³-hybridized carbons (Fsp3) is 1.00. The first-order valence-corrected chi connectivity index (χ1v) is 4.71. The molecule has 0 atom stereocenters. The molecule has 0 aliphatic rings. The van der Waals surface area contributed by atoms with E-state index in [0.29, 0.717) is 0 Å². The van der Waals surface area contributed by atoms with Gasteiger partial charge in [0.05, 0.1) is 6.17 Å². The average Bonchev–Trinajstić information content (AvgIpc) is 1.87. The van der Waals surface area contributed by atoms with Crippen molar-refractivity contribution in [2.24, 2.45) is 17.4 Å². The third-order valence-corrected chi connectivity index (χ3v) is 2.00. The van der Waals surface area contributed by atoms with Gasteiger partial charge in [0, 0.05) is 0 Å². The summed E-state index contributed by atoms with van der Waals surface area (Å²) in [6.45, 7) is 4.43. The Balaban J connectivity index is 3.50. The van der Waals surface area contributed by atoms with Crippen molar-refractivity contribution >= 4 is 0 Å². The van der Waals surface area contributed by atoms with Gasteiger partial charge in [-0.15, -0.1) is 0 Å². The van der Waals surface area contributed by atoms with Gasteiger partial charge in [0.25, 0.3) is 0 Å². The lowest BCUT2D eigenvalue weighted by atomic mass is 9.94. The summed E-state index contributed by atoms with van der Waals surface area (Å²) in [6, 6.07) is 0. The van der Waals surface area contributed by atoms with Crippen molar-refractivity contribution in [2.75, 3.05) is 0 Å². The molecule has 0 aliphatic carbocycles. The Hall–Kier alpha value is -0.0800. The Kier molecular flexibility index (Phi) is 6.57. The minimum atomic E-state index is -0.113. The van der Waals surface area contributed by atoms with Gasteiger partial charge in [-0.25, -0.2) is 0 Å². The van der Waals surface area contributed by atoms with Crippen LogP contribution in [0.3, 0.4) is 0 Å². The zero-order valence-corrected chi connectivity index (χ0v) is 7.84. The molecule has 11 heavy (non-hydrogen) atoms. The second kappa shape index (κ2) is 6.62. The van der Waals surface area contributed by atoms with E-state index in [-0.39, 0.29) is 6.17 Å². The van der Waals surface area contributed by atoms with Gasteiger partial charge in [0.15, 0.2) is 0 Å². The number of hydrogen-bond acceptors (Lipinski definition) is 2. The normalized spacial score (nSPS) is 11.5. The summed E-state index contributed by atoms with van der Waals surface area (Å²) in [6.07, 6.45) is 5.92. The molecule has 0 radical (unpaired) electrons. The van der Waals surface area contributed by atoms with E-state index < -0.39 is 0 Å². The Bertz CT molecular complexity index is 75.6. The molecule has 0 rings (SSSR count). The summed E-state index contributed by atoms with van der Waals surface area (Å²) < 4.78 is 0. The van der Waals surface area contributed by atoms with Gasteiger partial charge >= 0.3 is 0 Å². The molecule has 0 aromatic rings. The fourth-order valence-corrected chi connectivity index (χ4v) is 1.58. The Morgan fingerprint density at radius 1 is 1.00 bits per heavy atom. The Morgan fingerprint density at radius 3 is 1.73 bits per heavy atom. The third-order valence-electron chi connectivity index (χ3n) is 2.00. The van der Waals surface area contributed by atoms with Crippen molar-refractivity contribution in [2.45, 2.75) is 52.1 Å². The van der Waals surface area contributed by atoms with Crippen LogP contribution in [0.5, 0.6) is 0 Å². The SMILES string of the molecule is CCCC(CCC)CC(N)N. The summed E-state index contributed by atoms with van der Waals surface area (Å²) in [4.78, 5) is 0. The van der Waals surface area contributed by atoms with Gasteiger partial charge in [-0.1, -0.05) is 39.5 Å². The predicted molar refractivity (Wildman–Crippen MR) is 50.1 cm³/mol. The van der Waals surface area contributed by atoms with Crippen LogP contribution in [-0.2, 0) is 0 Å². The highest BCUT2D eigenvalue weighted by Gasteiger charge is 2.08. The first kappa shape index (κ1) is 10.9. The van der Waals surface area contributed by atoms with E-state index in [4.69, 9.17) is 11.5 Å². The van der Waals surface area contributed by atoms with Crippen molar-refractivity contribution < 1.29 is 0 Å². The molecule has 0 aliphatic heterocycles. The smallest absolute Gasteiger partial charge is 0.0523 e. The third kappa shape index (κ3) is 6.32. The van der Waals surface area contributed by atoms with Crippen LogP contribution >= 0.6 is 0 Å². The van der Waals surface area contributed by atoms with Gasteiger partial charge in [0.1, 0.15) is 0 Å². The van der Waals surface area contributed by atoms with Crippen molar-refractivity contribution in [1.82, 2.24) is 0 Å². The maximum Gasteiger partial charge on any atom is 0.0523 e. The van der Waals surface area contributed by atoms with Gasteiger partial charge < -0.3 is 11.5 Å². The van der Waals surface area contributed by atoms with Crippen LogP contribution in [0.2, 0.25) is 0 Å². The fourth-order valence-electron chi connectivity index (χ4n) is 1.58. The molecule has 68 valence electrons. The van der Waals surface area contributed by atoms with Crippen molar-refractivity contribution in [1.29, 1.82) is 0 Å². The van der Waals surface area contributed by atoms with Crippen molar-refractivity contribution in [3.05, 3.63) is 0 Å². The molecule has 4 N–H and O–H groups in total. The largest absolute Gasteiger partial charge is 0.316 e. The molecule has 0 unspecified atom stereocenters. The first-order valence-electron chi connectivity index (χ1n) is 4.71. The minimum Gasteiger partial charge on any atom is -0.316 e. The van der Waals surface area contributed by atoms with Crippen molar-refractivity contribution in [3.63, 3.8) is 0 Å². The van der Waals surface area contributed by atoms with E-state index in [1.807, 2.05) is 0 Å². The van der Waals surface area contributed by atoms with E-state index in [9.17, 15) is 0 Å². The zero-order chi connectivity index (χ0) is 8.69. The molecular weight excluding hydrogens is 136 g/mol. The molecule has 0 spiro atoms. The summed E-state index contributed by atoms with van der Waals surface area (Å²) >= 11 is 0. The van der Waals surface area contributed by atoms with E-state index in [0.717, 1.165) is 12.3 Å². The standard InChI is InChI=1S/C9H22N2/c1-3-5-8(6-4-2)7-9(10)11/h8-9H,3-7,10-11H2,1-2H3. The maximum absolute atomic E-state index is 5.53. The predicted octanol–water partition coefficient (Wildman–Crippen LogP) is 1.84. The molecule has 0 amide bonds. The second-order valence-corrected chi connectivity index (χ2v) is 3.34. The minimum absolute atomic E-state index is 0.113. The number of nitrogens with two attached hydrogens (primary N) is 2. The summed E-state index contributed by atoms with van der Waals surface area (Å²) in [5.41, 5.74) is 11.1. The summed E-state index contributed by atoms with van der Waals surface area (Å²) in [7, 11) is 0. The van der Waals surface area contributed by atoms with E-state index in [2.05, 4.69) is 13.8 Å². The quantitative estimate of drug-likeness (QED) is 0.579. The van der Waals surface area contributed by atoms with Crippen LogP contribution in [-0.4, -0.2) is 6.17 Å². The van der Waals surface area contributed by atoms with Gasteiger partial charge in [-0.3, -0.25) is 0 Å². The van der Waals surface area contributed by atoms with Gasteiger partial charge in [0.2, 0.25) is 0 Å². The molecular formula is C9H22N2. The van der Waals surface area contributed by atoms with Crippen molar-refractivity contribution in [3.8, 4) is 0 Å². The van der Waals surface area contributed by atoms with Crippen LogP contribution < -0.4 is 11.5 Å². The molecule has 2 heteroatoms. The summed E-state index contributed by atoms with van der Waals surface area (Å²) in [5.74, 6) is 0.755. The van der Waals surface area contributed by atoms with Crippen LogP contribution in [0.25, 0.3) is 0 Å². The maximum atomic E-state index is 5.53. The molecule has 0 aromatic heterocycles. The second-order valence-electron chi connectivity index (χ2n) is 3.34. The topological polar surface area (TPSA) is 52.0 Å². The Labute approximate surface area is 70.3 Å². The molecule has 0 aromatic carbocycles. The Morgan fingerprint density at radius 2 is 1.45 bits per heavy atom. The summed E-state index contributed by atoms with van der Waals surface area (Å²) in [5, 5.41) is 0. The zero-order valence-electron chi connectivity index (χ0n) is 7.84. The van der Waals surface area contributed by atoms with E-state index in [1.165, 1.54) is 25.7 Å². The van der Waals surface area contributed by atoms with Gasteiger partial charge in [-0.05, 0) is 12.3 Å². The monoisotopic (exact) mass is 158 g/mol. The molecule has 0 fully saturated rings. The highest BCUT2D eigenvalue weighted by molar-refractivity contribution is 4.63. The van der Waals surface area contributed by atoms with Crippen LogP contribution in [0.4, 0.5) is 0 Å². The lowest BCUT2D eigenvalue weighted by molar-refractivity contribution is 0.379. The molecule has 2 nitrogen and oxygen atoms in total. The lowest BCUT2D eigenvalue weighted by Gasteiger charge is -2.16. The van der Waals surface area contributed by atoms with E-state index in [1.54, 1.807) is 0 Å². The van der Waals surface area contributed by atoms with Crippen LogP contribution in [0.15, 0.2) is 0 Å². The average molecular weight is 158 g/mol. The molecule has 0 bridgehead atoms. The number of rotatable bonds is 6. The highest BCUT2D eigenvalue weighted by atomic mass is 14.8. The highest BCUT2D eigenvalue weighted by Crippen LogP contribution is 2.17. The van der Waals surface area contributed by atoms with E-state index >= 15 is 0 Å². The molecule has 0 saturated heterocycles. The number of hydrogen-bond donors (Lipinski definition) is 2. The lowest BCUT2D eigenvalue weighted by Crippen LogP contribution is -2.32. The molecule has 0 saturated carbocycles. The van der Waals surface area contributed by atoms with Crippen LogP contribution in [0.1, 0.15) is 46.0 Å². The van der Waals surface area contributed by atoms with Crippen LogP contribution in [0, 0.1) is 5.92 Å². The first-order chi connectivity index (χ1) is 5.20. The molecule has 0 heterocycles. The van der Waals surface area contributed by atoms with Gasteiger partial charge in [-0.2, -0.15) is 0 Å².